The van der Waals surface area contributed by atoms with E-state index in [9.17, 15) is 22.4 Å². The zero-order chi connectivity index (χ0) is 21.3. The number of aromatic amines is 1. The lowest BCUT2D eigenvalue weighted by molar-refractivity contribution is -0.137. The molecule has 1 fully saturated rings. The number of hydrogen-bond donors (Lipinski definition) is 2. The summed E-state index contributed by atoms with van der Waals surface area (Å²) in [5, 5.41) is 3.92. The van der Waals surface area contributed by atoms with E-state index in [4.69, 9.17) is 4.74 Å². The lowest BCUT2D eigenvalue weighted by atomic mass is 10.0. The van der Waals surface area contributed by atoms with Crippen LogP contribution in [0.4, 0.5) is 22.4 Å². The van der Waals surface area contributed by atoms with Crippen molar-refractivity contribution >= 4 is 16.9 Å². The number of nitrogens with zero attached hydrogens (tertiary/aromatic N) is 1. The van der Waals surface area contributed by atoms with Crippen LogP contribution in [0.3, 0.4) is 0 Å². The van der Waals surface area contributed by atoms with Gasteiger partial charge in [-0.25, -0.2) is 9.18 Å². The Morgan fingerprint density at radius 2 is 1.97 bits per heavy atom. The number of nitrogens with one attached hydrogen (secondary N) is 2. The van der Waals surface area contributed by atoms with Gasteiger partial charge >= 0.3 is 12.2 Å². The van der Waals surface area contributed by atoms with Crippen LogP contribution in [-0.4, -0.2) is 35.6 Å². The summed E-state index contributed by atoms with van der Waals surface area (Å²) in [4.78, 5) is 16.9. The molecular formula is C21H19F4N3O2. The molecule has 2 amide bonds. The second-order valence-electron chi connectivity index (χ2n) is 7.28. The van der Waals surface area contributed by atoms with E-state index in [1.807, 2.05) is 30.5 Å². The lowest BCUT2D eigenvalue weighted by Crippen LogP contribution is -2.55. The molecule has 5 nitrogen and oxygen atoms in total. The van der Waals surface area contributed by atoms with Gasteiger partial charge < -0.3 is 19.9 Å². The molecule has 0 unspecified atom stereocenters. The Morgan fingerprint density at radius 1 is 1.17 bits per heavy atom. The first-order valence-corrected chi connectivity index (χ1v) is 9.38. The largest absolute Gasteiger partial charge is 0.490 e. The zero-order valence-corrected chi connectivity index (χ0v) is 15.8. The summed E-state index contributed by atoms with van der Waals surface area (Å²) in [6.07, 6.45) is -2.75. The number of aromatic nitrogens is 1. The van der Waals surface area contributed by atoms with Gasteiger partial charge in [-0.15, -0.1) is 0 Å². The van der Waals surface area contributed by atoms with E-state index in [1.165, 1.54) is 0 Å². The highest BCUT2D eigenvalue weighted by Crippen LogP contribution is 2.32. The van der Waals surface area contributed by atoms with Crippen molar-refractivity contribution in [3.63, 3.8) is 0 Å². The first-order valence-electron chi connectivity index (χ1n) is 9.38. The second kappa shape index (κ2) is 7.89. The third-order valence-corrected chi connectivity index (χ3v) is 5.04. The molecule has 3 aromatic rings. The molecular weight excluding hydrogens is 402 g/mol. The predicted molar refractivity (Wildman–Crippen MR) is 102 cm³/mol. The van der Waals surface area contributed by atoms with Crippen molar-refractivity contribution in [1.29, 1.82) is 0 Å². The molecule has 0 atom stereocenters. The van der Waals surface area contributed by atoms with E-state index >= 15 is 0 Å². The number of H-pyrrole nitrogens is 1. The van der Waals surface area contributed by atoms with Crippen molar-refractivity contribution in [3.05, 3.63) is 65.6 Å². The molecule has 1 aliphatic heterocycles. The molecule has 158 valence electrons. The van der Waals surface area contributed by atoms with Gasteiger partial charge in [-0.05, 0) is 47.3 Å². The SMILES string of the molecule is O=C(NCc1ccc2[nH]ccc2c1)N1CC(COc2ccc(C(F)(F)F)cc2F)C1. The fourth-order valence-corrected chi connectivity index (χ4v) is 3.35. The zero-order valence-electron chi connectivity index (χ0n) is 15.8. The topological polar surface area (TPSA) is 57.4 Å². The minimum Gasteiger partial charge on any atom is -0.490 e. The number of fused-ring (bicyclic) bond motifs is 1. The average Bonchev–Trinajstić information content (AvgIpc) is 3.13. The van der Waals surface area contributed by atoms with Crippen LogP contribution < -0.4 is 10.1 Å². The maximum absolute atomic E-state index is 13.8. The van der Waals surface area contributed by atoms with Crippen LogP contribution in [0.2, 0.25) is 0 Å². The Bertz CT molecular complexity index is 1060. The summed E-state index contributed by atoms with van der Waals surface area (Å²) in [5.41, 5.74) is 0.947. The van der Waals surface area contributed by atoms with Crippen LogP contribution in [0.1, 0.15) is 11.1 Å². The standard InChI is InChI=1S/C21H19F4N3O2/c22-17-8-16(21(23,24)25)2-4-19(17)30-12-14-10-28(11-14)20(29)27-9-13-1-3-18-15(7-13)5-6-26-18/h1-8,14,26H,9-12H2,(H,27,29). The highest BCUT2D eigenvalue weighted by atomic mass is 19.4. The number of amides is 2. The molecule has 2 heterocycles. The van der Waals surface area contributed by atoms with Crippen LogP contribution >= 0.6 is 0 Å². The monoisotopic (exact) mass is 421 g/mol. The van der Waals surface area contributed by atoms with Gasteiger partial charge in [-0.3, -0.25) is 0 Å². The number of carbonyl (C=O) groups excluding carboxylic acids is 1. The van der Waals surface area contributed by atoms with Crippen molar-refractivity contribution in [2.45, 2.75) is 12.7 Å². The summed E-state index contributed by atoms with van der Waals surface area (Å²) >= 11 is 0. The van der Waals surface area contributed by atoms with Crippen LogP contribution in [0.15, 0.2) is 48.7 Å². The number of ether oxygens (including phenoxy) is 1. The molecule has 1 saturated heterocycles. The molecule has 30 heavy (non-hydrogen) atoms. The normalized spacial score (nSPS) is 14.6. The van der Waals surface area contributed by atoms with Gasteiger partial charge in [0.25, 0.3) is 0 Å². The molecule has 0 radical (unpaired) electrons. The number of likely N-dealkylation sites (tertiary alicyclic amines) is 1. The van der Waals surface area contributed by atoms with Gasteiger partial charge in [0.15, 0.2) is 11.6 Å². The molecule has 2 aromatic carbocycles. The number of carbonyl (C=O) groups is 1. The van der Waals surface area contributed by atoms with Gasteiger partial charge in [0, 0.05) is 37.3 Å². The van der Waals surface area contributed by atoms with Crippen LogP contribution in [0, 0.1) is 11.7 Å². The lowest BCUT2D eigenvalue weighted by Gasteiger charge is -2.38. The van der Waals surface area contributed by atoms with Gasteiger partial charge in [0.1, 0.15) is 0 Å². The predicted octanol–water partition coefficient (Wildman–Crippen LogP) is 4.55. The van der Waals surface area contributed by atoms with E-state index in [1.54, 1.807) is 4.90 Å². The molecule has 0 saturated carbocycles. The molecule has 1 aromatic heterocycles. The molecule has 1 aliphatic rings. The van der Waals surface area contributed by atoms with E-state index in [0.717, 1.165) is 28.6 Å². The molecule has 4 rings (SSSR count). The van der Waals surface area contributed by atoms with Crippen LogP contribution in [-0.2, 0) is 12.7 Å². The summed E-state index contributed by atoms with van der Waals surface area (Å²) in [5.74, 6) is -1.29. The Labute approximate surface area is 169 Å². The minimum atomic E-state index is -4.60. The fraction of sp³-hybridized carbons (Fsp3) is 0.286. The summed E-state index contributed by atoms with van der Waals surface area (Å²) in [7, 11) is 0. The number of benzene rings is 2. The van der Waals surface area contributed by atoms with Gasteiger partial charge in [0.05, 0.1) is 12.2 Å². The first-order chi connectivity index (χ1) is 14.3. The number of hydrogen-bond acceptors (Lipinski definition) is 2. The summed E-state index contributed by atoms with van der Waals surface area (Å²) in [6.45, 7) is 1.39. The van der Waals surface area contributed by atoms with Gasteiger partial charge in [-0.2, -0.15) is 13.2 Å². The van der Waals surface area contributed by atoms with Gasteiger partial charge in [-0.1, -0.05) is 6.07 Å². The highest BCUT2D eigenvalue weighted by Gasteiger charge is 2.33. The highest BCUT2D eigenvalue weighted by molar-refractivity contribution is 5.80. The maximum atomic E-state index is 13.8. The Balaban J connectivity index is 1.21. The average molecular weight is 421 g/mol. The quantitative estimate of drug-likeness (QED) is 0.594. The summed E-state index contributed by atoms with van der Waals surface area (Å²) in [6, 6.07) is 9.81. The minimum absolute atomic E-state index is 0.00588. The van der Waals surface area contributed by atoms with Crippen LogP contribution in [0.5, 0.6) is 5.75 Å². The third kappa shape index (κ3) is 4.34. The first kappa shape index (κ1) is 20.1. The molecule has 9 heteroatoms. The van der Waals surface area contributed by atoms with E-state index in [2.05, 4.69) is 10.3 Å². The van der Waals surface area contributed by atoms with E-state index in [0.29, 0.717) is 25.7 Å². The van der Waals surface area contributed by atoms with Crippen molar-refractivity contribution < 1.29 is 27.1 Å². The Morgan fingerprint density at radius 3 is 2.70 bits per heavy atom. The van der Waals surface area contributed by atoms with E-state index < -0.39 is 17.6 Å². The van der Waals surface area contributed by atoms with Gasteiger partial charge in [0.2, 0.25) is 0 Å². The Hall–Kier alpha value is -3.23. The molecule has 2 N–H and O–H groups in total. The Kier molecular flexibility index (Phi) is 5.27. The van der Waals surface area contributed by atoms with Crippen molar-refractivity contribution in [1.82, 2.24) is 15.2 Å². The maximum Gasteiger partial charge on any atom is 0.416 e. The van der Waals surface area contributed by atoms with Crippen molar-refractivity contribution in [2.75, 3.05) is 19.7 Å². The summed E-state index contributed by atoms with van der Waals surface area (Å²) < 4.78 is 56.8. The number of alkyl halides is 3. The third-order valence-electron chi connectivity index (χ3n) is 5.04. The number of rotatable bonds is 5. The number of urea groups is 1. The molecule has 0 aliphatic carbocycles. The van der Waals surface area contributed by atoms with Crippen molar-refractivity contribution in [3.8, 4) is 5.75 Å². The second-order valence-corrected chi connectivity index (χ2v) is 7.28. The smallest absolute Gasteiger partial charge is 0.416 e. The van der Waals surface area contributed by atoms with Crippen LogP contribution in [0.25, 0.3) is 10.9 Å². The molecule has 0 spiro atoms. The molecule has 0 bridgehead atoms. The number of halogens is 4. The van der Waals surface area contributed by atoms with E-state index in [-0.39, 0.29) is 24.3 Å². The van der Waals surface area contributed by atoms with Crippen molar-refractivity contribution in [2.24, 2.45) is 5.92 Å². The fourth-order valence-electron chi connectivity index (χ4n) is 3.35.